The Morgan fingerprint density at radius 1 is 1.06 bits per heavy atom. The van der Waals surface area contributed by atoms with Crippen molar-refractivity contribution in [2.75, 3.05) is 12.4 Å². The zero-order valence-corrected chi connectivity index (χ0v) is 18.1. The van der Waals surface area contributed by atoms with Gasteiger partial charge in [0, 0.05) is 43.2 Å². The van der Waals surface area contributed by atoms with E-state index in [-0.39, 0.29) is 18.0 Å². The summed E-state index contributed by atoms with van der Waals surface area (Å²) in [6, 6.07) is 8.51. The number of nitrogens with one attached hydrogen (secondary N) is 2. The molecule has 0 unspecified atom stereocenters. The van der Waals surface area contributed by atoms with Gasteiger partial charge in [-0.05, 0) is 49.4 Å². The molecule has 1 amide bonds. The van der Waals surface area contributed by atoms with Gasteiger partial charge >= 0.3 is 0 Å². The van der Waals surface area contributed by atoms with Crippen molar-refractivity contribution in [3.05, 3.63) is 42.9 Å². The molecule has 32 heavy (non-hydrogen) atoms. The third-order valence-electron chi connectivity index (χ3n) is 5.92. The summed E-state index contributed by atoms with van der Waals surface area (Å²) in [5.41, 5.74) is 4.45. The molecule has 0 saturated heterocycles. The Kier molecular flexibility index (Phi) is 5.30. The van der Waals surface area contributed by atoms with Crippen molar-refractivity contribution in [3.8, 4) is 17.0 Å². The minimum atomic E-state index is 0.0294. The van der Waals surface area contributed by atoms with E-state index >= 15 is 0 Å². The number of fused-ring (bicyclic) bond motifs is 2. The van der Waals surface area contributed by atoms with Crippen molar-refractivity contribution in [2.45, 2.75) is 44.7 Å². The number of amides is 1. The maximum absolute atomic E-state index is 11.3. The van der Waals surface area contributed by atoms with E-state index in [1.807, 2.05) is 30.5 Å². The smallest absolute Gasteiger partial charge is 0.244 e. The van der Waals surface area contributed by atoms with Crippen LogP contribution in [0.4, 0.5) is 5.95 Å². The first kappa shape index (κ1) is 20.2. The van der Waals surface area contributed by atoms with E-state index in [1.165, 1.54) is 0 Å². The first-order valence-electron chi connectivity index (χ1n) is 10.8. The van der Waals surface area contributed by atoms with Crippen LogP contribution in [0.1, 0.15) is 32.6 Å². The van der Waals surface area contributed by atoms with Crippen LogP contribution in [0.5, 0.6) is 5.88 Å². The molecule has 164 valence electrons. The predicted octanol–water partition coefficient (Wildman–Crippen LogP) is 3.21. The van der Waals surface area contributed by atoms with E-state index in [0.717, 1.165) is 53.4 Å². The molecule has 5 rings (SSSR count). The summed E-state index contributed by atoms with van der Waals surface area (Å²) in [5.74, 6) is 1.07. The molecular weight excluding hydrogens is 406 g/mol. The van der Waals surface area contributed by atoms with Crippen LogP contribution in [0.3, 0.4) is 0 Å². The number of carbonyl (C=O) groups is 1. The van der Waals surface area contributed by atoms with Crippen molar-refractivity contribution in [2.24, 2.45) is 0 Å². The van der Waals surface area contributed by atoms with Gasteiger partial charge in [-0.3, -0.25) is 14.8 Å². The van der Waals surface area contributed by atoms with Crippen LogP contribution in [0.15, 0.2) is 42.9 Å². The lowest BCUT2D eigenvalue weighted by Crippen LogP contribution is -2.39. The molecule has 0 radical (unpaired) electrons. The summed E-state index contributed by atoms with van der Waals surface area (Å²) in [6.45, 7) is 1.57. The van der Waals surface area contributed by atoms with Gasteiger partial charge < -0.3 is 15.4 Å². The van der Waals surface area contributed by atoms with E-state index in [9.17, 15) is 4.79 Å². The molecule has 0 atom stereocenters. The topological polar surface area (TPSA) is 106 Å². The third-order valence-corrected chi connectivity index (χ3v) is 5.92. The lowest BCUT2D eigenvalue weighted by atomic mass is 9.91. The average Bonchev–Trinajstić information content (AvgIpc) is 3.23. The molecule has 1 aliphatic rings. The van der Waals surface area contributed by atoms with E-state index in [4.69, 9.17) is 4.74 Å². The third kappa shape index (κ3) is 3.93. The number of hydrogen-bond donors (Lipinski definition) is 2. The maximum atomic E-state index is 11.3. The molecule has 9 heteroatoms. The molecule has 1 saturated carbocycles. The Hall–Kier alpha value is -3.75. The first-order chi connectivity index (χ1) is 15.6. The van der Waals surface area contributed by atoms with Gasteiger partial charge in [-0.15, -0.1) is 5.10 Å². The highest BCUT2D eigenvalue weighted by molar-refractivity contribution is 5.89. The van der Waals surface area contributed by atoms with Gasteiger partial charge in [0.05, 0.1) is 18.1 Å². The van der Waals surface area contributed by atoms with Crippen molar-refractivity contribution in [3.63, 3.8) is 0 Å². The van der Waals surface area contributed by atoms with Gasteiger partial charge in [0.25, 0.3) is 0 Å². The second-order valence-electron chi connectivity index (χ2n) is 8.12. The molecular formula is C23H25N7O2. The lowest BCUT2D eigenvalue weighted by Gasteiger charge is -2.29. The fourth-order valence-corrected chi connectivity index (χ4v) is 4.41. The van der Waals surface area contributed by atoms with E-state index in [0.29, 0.717) is 11.8 Å². The van der Waals surface area contributed by atoms with Crippen LogP contribution in [0, 0.1) is 0 Å². The van der Waals surface area contributed by atoms with Crippen molar-refractivity contribution in [1.29, 1.82) is 0 Å². The van der Waals surface area contributed by atoms with Crippen LogP contribution in [-0.4, -0.2) is 49.7 Å². The van der Waals surface area contributed by atoms with Crippen LogP contribution in [-0.2, 0) is 4.79 Å². The molecule has 1 fully saturated rings. The second-order valence-corrected chi connectivity index (χ2v) is 8.12. The number of hydrogen-bond acceptors (Lipinski definition) is 7. The highest BCUT2D eigenvalue weighted by Crippen LogP contribution is 2.33. The standard InChI is InChI=1S/C23H25N7O2/c1-14(31)26-16-4-6-17(7-5-16)27-23-28-22(32-2)21-18(9-12-30(21)29-23)15-3-8-19-20(13-15)25-11-10-24-19/h3,8-13,16-17H,4-7H2,1-2H3,(H,26,31)(H,27,29)/t16-,17-. The fourth-order valence-electron chi connectivity index (χ4n) is 4.41. The highest BCUT2D eigenvalue weighted by Gasteiger charge is 2.23. The van der Waals surface area contributed by atoms with Crippen LogP contribution < -0.4 is 15.4 Å². The molecule has 0 bridgehead atoms. The van der Waals surface area contributed by atoms with Gasteiger partial charge in [-0.1, -0.05) is 6.07 Å². The molecule has 0 spiro atoms. The fraction of sp³-hybridized carbons (Fsp3) is 0.348. The molecule has 3 heterocycles. The zero-order chi connectivity index (χ0) is 22.1. The molecule has 1 aliphatic carbocycles. The van der Waals surface area contributed by atoms with Gasteiger partial charge in [0.15, 0.2) is 0 Å². The highest BCUT2D eigenvalue weighted by atomic mass is 16.5. The van der Waals surface area contributed by atoms with Crippen molar-refractivity contribution in [1.82, 2.24) is 29.9 Å². The number of ether oxygens (including phenoxy) is 1. The van der Waals surface area contributed by atoms with E-state index < -0.39 is 0 Å². The summed E-state index contributed by atoms with van der Waals surface area (Å²) in [5, 5.41) is 11.1. The molecule has 1 aromatic carbocycles. The first-order valence-corrected chi connectivity index (χ1v) is 10.8. The number of nitrogens with zero attached hydrogens (tertiary/aromatic N) is 5. The quantitative estimate of drug-likeness (QED) is 0.500. The molecule has 3 aromatic heterocycles. The Balaban J connectivity index is 1.41. The zero-order valence-electron chi connectivity index (χ0n) is 18.1. The Labute approximate surface area is 185 Å². The summed E-state index contributed by atoms with van der Waals surface area (Å²) < 4.78 is 7.44. The normalized spacial score (nSPS) is 18.6. The van der Waals surface area contributed by atoms with E-state index in [1.54, 1.807) is 30.9 Å². The number of benzene rings is 1. The largest absolute Gasteiger partial charge is 0.479 e. The van der Waals surface area contributed by atoms with Crippen LogP contribution >= 0.6 is 0 Å². The summed E-state index contributed by atoms with van der Waals surface area (Å²) in [4.78, 5) is 24.7. The SMILES string of the molecule is COc1nc(N[C@H]2CC[C@H](NC(C)=O)CC2)nn2ccc(-c3ccc4nccnc4c3)c12. The van der Waals surface area contributed by atoms with Crippen LogP contribution in [0.2, 0.25) is 0 Å². The summed E-state index contributed by atoms with van der Waals surface area (Å²) >= 11 is 0. The van der Waals surface area contributed by atoms with Gasteiger partial charge in [-0.25, -0.2) is 4.52 Å². The second kappa shape index (κ2) is 8.41. The number of rotatable bonds is 5. The lowest BCUT2D eigenvalue weighted by molar-refractivity contribution is -0.119. The summed E-state index contributed by atoms with van der Waals surface area (Å²) in [6.07, 6.45) is 9.06. The van der Waals surface area contributed by atoms with Gasteiger partial charge in [-0.2, -0.15) is 4.98 Å². The monoisotopic (exact) mass is 431 g/mol. The number of methoxy groups -OCH3 is 1. The minimum Gasteiger partial charge on any atom is -0.479 e. The van der Waals surface area contributed by atoms with Gasteiger partial charge in [0.1, 0.15) is 5.52 Å². The Morgan fingerprint density at radius 3 is 2.56 bits per heavy atom. The minimum absolute atomic E-state index is 0.0294. The molecule has 2 N–H and O–H groups in total. The number of aromatic nitrogens is 5. The van der Waals surface area contributed by atoms with Crippen LogP contribution in [0.25, 0.3) is 27.7 Å². The Bertz CT molecular complexity index is 1280. The average molecular weight is 432 g/mol. The summed E-state index contributed by atoms with van der Waals surface area (Å²) in [7, 11) is 1.62. The molecule has 0 aliphatic heterocycles. The maximum Gasteiger partial charge on any atom is 0.244 e. The Morgan fingerprint density at radius 2 is 1.81 bits per heavy atom. The number of anilines is 1. The number of carbonyl (C=O) groups excluding carboxylic acids is 1. The molecule has 4 aromatic rings. The van der Waals surface area contributed by atoms with Crippen molar-refractivity contribution < 1.29 is 9.53 Å². The van der Waals surface area contributed by atoms with E-state index in [2.05, 4.69) is 30.7 Å². The molecule has 9 nitrogen and oxygen atoms in total. The van der Waals surface area contributed by atoms with Gasteiger partial charge in [0.2, 0.25) is 17.7 Å². The predicted molar refractivity (Wildman–Crippen MR) is 122 cm³/mol. The van der Waals surface area contributed by atoms with Crippen molar-refractivity contribution >= 4 is 28.4 Å².